The van der Waals surface area contributed by atoms with Crippen LogP contribution in [0.15, 0.2) is 24.3 Å². The molecule has 0 saturated heterocycles. The van der Waals surface area contributed by atoms with Crippen LogP contribution in [0.5, 0.6) is 5.75 Å². The van der Waals surface area contributed by atoms with E-state index in [1.165, 1.54) is 11.0 Å². The number of para-hydroxylation sites is 1. The van der Waals surface area contributed by atoms with E-state index in [1.807, 2.05) is 6.07 Å². The number of nitriles is 1. The van der Waals surface area contributed by atoms with Crippen molar-refractivity contribution < 1.29 is 9.90 Å². The van der Waals surface area contributed by atoms with E-state index < -0.39 is 6.04 Å². The molecule has 1 atom stereocenters. The first-order chi connectivity index (χ1) is 7.56. The summed E-state index contributed by atoms with van der Waals surface area (Å²) in [5.74, 6) is -0.0792. The van der Waals surface area contributed by atoms with Gasteiger partial charge in [0.25, 0.3) is 0 Å². The first-order valence-electron chi connectivity index (χ1n) is 4.98. The van der Waals surface area contributed by atoms with E-state index in [0.29, 0.717) is 5.56 Å². The van der Waals surface area contributed by atoms with E-state index in [0.717, 1.165) is 0 Å². The Labute approximate surface area is 94.7 Å². The molecule has 0 spiro atoms. The highest BCUT2D eigenvalue weighted by Crippen LogP contribution is 2.16. The molecule has 4 heteroatoms. The number of likely N-dealkylation sites (N-methyl/N-ethyl adjacent to an activating group) is 1. The van der Waals surface area contributed by atoms with Crippen LogP contribution in [0.4, 0.5) is 0 Å². The zero-order valence-electron chi connectivity index (χ0n) is 9.34. The van der Waals surface area contributed by atoms with Crippen LogP contribution in [-0.4, -0.2) is 29.0 Å². The van der Waals surface area contributed by atoms with Crippen LogP contribution >= 0.6 is 0 Å². The Morgan fingerprint density at radius 3 is 2.75 bits per heavy atom. The average molecular weight is 218 g/mol. The Morgan fingerprint density at radius 2 is 2.19 bits per heavy atom. The fourth-order valence-electron chi connectivity index (χ4n) is 1.25. The van der Waals surface area contributed by atoms with Gasteiger partial charge in [-0.2, -0.15) is 5.26 Å². The molecule has 4 nitrogen and oxygen atoms in total. The lowest BCUT2D eigenvalue weighted by Crippen LogP contribution is -2.35. The lowest BCUT2D eigenvalue weighted by atomic mass is 10.1. The summed E-state index contributed by atoms with van der Waals surface area (Å²) in [7, 11) is 1.58. The minimum absolute atomic E-state index is 0.105. The molecule has 0 heterocycles. The van der Waals surface area contributed by atoms with Crippen LogP contribution in [0.1, 0.15) is 12.5 Å². The number of carbonyl (C=O) groups excluding carboxylic acids is 1. The summed E-state index contributed by atoms with van der Waals surface area (Å²) in [6.45, 7) is 1.66. The van der Waals surface area contributed by atoms with E-state index in [1.54, 1.807) is 32.2 Å². The van der Waals surface area contributed by atoms with E-state index in [4.69, 9.17) is 5.26 Å². The number of phenolic OH excluding ortho intramolecular Hbond substituents is 1. The van der Waals surface area contributed by atoms with Gasteiger partial charge in [-0.15, -0.1) is 0 Å². The monoisotopic (exact) mass is 218 g/mol. The van der Waals surface area contributed by atoms with Gasteiger partial charge >= 0.3 is 0 Å². The number of rotatable bonds is 3. The minimum Gasteiger partial charge on any atom is -0.508 e. The fourth-order valence-corrected chi connectivity index (χ4v) is 1.25. The third-order valence-electron chi connectivity index (χ3n) is 2.49. The van der Waals surface area contributed by atoms with E-state index in [-0.39, 0.29) is 18.1 Å². The second-order valence-electron chi connectivity index (χ2n) is 3.62. The first kappa shape index (κ1) is 12.1. The van der Waals surface area contributed by atoms with Crippen molar-refractivity contribution >= 4 is 5.91 Å². The number of nitrogens with zero attached hydrogens (tertiary/aromatic N) is 2. The summed E-state index contributed by atoms with van der Waals surface area (Å²) in [5, 5.41) is 18.2. The predicted molar refractivity (Wildman–Crippen MR) is 59.7 cm³/mol. The number of hydrogen-bond acceptors (Lipinski definition) is 3. The summed E-state index contributed by atoms with van der Waals surface area (Å²) in [6, 6.07) is 8.22. The zero-order chi connectivity index (χ0) is 12.1. The van der Waals surface area contributed by atoms with Crippen molar-refractivity contribution in [1.82, 2.24) is 4.90 Å². The highest BCUT2D eigenvalue weighted by molar-refractivity contribution is 5.79. The number of amides is 1. The number of carbonyl (C=O) groups is 1. The summed E-state index contributed by atoms with van der Waals surface area (Å²) in [4.78, 5) is 13.1. The predicted octanol–water partition coefficient (Wildman–Crippen LogP) is 1.31. The van der Waals surface area contributed by atoms with Gasteiger partial charge in [0.2, 0.25) is 5.91 Å². The Morgan fingerprint density at radius 1 is 1.56 bits per heavy atom. The van der Waals surface area contributed by atoms with Crippen LogP contribution in [0, 0.1) is 11.3 Å². The summed E-state index contributed by atoms with van der Waals surface area (Å²) < 4.78 is 0. The van der Waals surface area contributed by atoms with E-state index >= 15 is 0 Å². The lowest BCUT2D eigenvalue weighted by molar-refractivity contribution is -0.130. The van der Waals surface area contributed by atoms with Gasteiger partial charge in [0.1, 0.15) is 11.8 Å². The molecule has 1 aromatic carbocycles. The maximum Gasteiger partial charge on any atom is 0.227 e. The Balaban J connectivity index is 2.73. The number of aromatic hydroxyl groups is 1. The first-order valence-corrected chi connectivity index (χ1v) is 4.98. The summed E-state index contributed by atoms with van der Waals surface area (Å²) >= 11 is 0. The highest BCUT2D eigenvalue weighted by Gasteiger charge is 2.16. The average Bonchev–Trinajstić information content (AvgIpc) is 2.30. The van der Waals surface area contributed by atoms with E-state index in [9.17, 15) is 9.90 Å². The quantitative estimate of drug-likeness (QED) is 0.831. The highest BCUT2D eigenvalue weighted by atomic mass is 16.3. The number of phenols is 1. The van der Waals surface area contributed by atoms with Gasteiger partial charge in [-0.3, -0.25) is 4.79 Å². The third kappa shape index (κ3) is 2.74. The molecule has 0 radical (unpaired) electrons. The van der Waals surface area contributed by atoms with Gasteiger partial charge in [-0.1, -0.05) is 18.2 Å². The van der Waals surface area contributed by atoms with Gasteiger partial charge in [-0.25, -0.2) is 0 Å². The second kappa shape index (κ2) is 5.17. The van der Waals surface area contributed by atoms with Gasteiger partial charge in [0, 0.05) is 12.6 Å². The molecule has 0 aliphatic heterocycles. The smallest absolute Gasteiger partial charge is 0.227 e. The van der Waals surface area contributed by atoms with Crippen molar-refractivity contribution in [2.75, 3.05) is 7.05 Å². The molecule has 1 aromatic rings. The molecule has 0 aromatic heterocycles. The van der Waals surface area contributed by atoms with Crippen LogP contribution < -0.4 is 0 Å². The summed E-state index contributed by atoms with van der Waals surface area (Å²) in [5.41, 5.74) is 0.574. The van der Waals surface area contributed by atoms with Crippen LogP contribution in [0.2, 0.25) is 0 Å². The molecule has 0 fully saturated rings. The van der Waals surface area contributed by atoms with Crippen LogP contribution in [0.3, 0.4) is 0 Å². The lowest BCUT2D eigenvalue weighted by Gasteiger charge is -2.19. The molecule has 16 heavy (non-hydrogen) atoms. The Bertz CT molecular complexity index is 423. The van der Waals surface area contributed by atoms with E-state index in [2.05, 4.69) is 0 Å². The van der Waals surface area contributed by atoms with Gasteiger partial charge in [0.15, 0.2) is 0 Å². The van der Waals surface area contributed by atoms with Crippen molar-refractivity contribution in [3.63, 3.8) is 0 Å². The molecular weight excluding hydrogens is 204 g/mol. The third-order valence-corrected chi connectivity index (χ3v) is 2.49. The molecule has 0 aliphatic carbocycles. The molecular formula is C12H14N2O2. The molecule has 0 saturated carbocycles. The van der Waals surface area contributed by atoms with Gasteiger partial charge in [0.05, 0.1) is 12.5 Å². The van der Waals surface area contributed by atoms with Crippen LogP contribution in [-0.2, 0) is 11.2 Å². The van der Waals surface area contributed by atoms with Crippen molar-refractivity contribution in [2.45, 2.75) is 19.4 Å². The van der Waals surface area contributed by atoms with Gasteiger partial charge in [-0.05, 0) is 13.0 Å². The topological polar surface area (TPSA) is 64.3 Å². The standard InChI is InChI=1S/C12H14N2O2/c1-9(8-13)14(2)12(16)7-10-5-3-4-6-11(10)15/h3-6,9,15H,7H2,1-2H3. The molecule has 1 amide bonds. The Hall–Kier alpha value is -2.02. The molecule has 1 rings (SSSR count). The fraction of sp³-hybridized carbons (Fsp3) is 0.333. The van der Waals surface area contributed by atoms with Crippen molar-refractivity contribution in [3.05, 3.63) is 29.8 Å². The maximum atomic E-state index is 11.7. The largest absolute Gasteiger partial charge is 0.508 e. The zero-order valence-corrected chi connectivity index (χ0v) is 9.34. The molecule has 84 valence electrons. The summed E-state index contributed by atoms with van der Waals surface area (Å²) in [6.07, 6.45) is 0.106. The number of hydrogen-bond donors (Lipinski definition) is 1. The second-order valence-corrected chi connectivity index (χ2v) is 3.62. The molecule has 1 N–H and O–H groups in total. The normalized spacial score (nSPS) is 11.6. The van der Waals surface area contributed by atoms with Crippen LogP contribution in [0.25, 0.3) is 0 Å². The Kier molecular flexibility index (Phi) is 3.90. The minimum atomic E-state index is -0.460. The van der Waals surface area contributed by atoms with Crippen molar-refractivity contribution in [3.8, 4) is 11.8 Å². The van der Waals surface area contributed by atoms with Crippen molar-refractivity contribution in [2.24, 2.45) is 0 Å². The molecule has 1 unspecified atom stereocenters. The van der Waals surface area contributed by atoms with Crippen molar-refractivity contribution in [1.29, 1.82) is 5.26 Å². The van der Waals surface area contributed by atoms with Gasteiger partial charge < -0.3 is 10.0 Å². The SMILES string of the molecule is CC(C#N)N(C)C(=O)Cc1ccccc1O. The number of benzene rings is 1. The molecule has 0 bridgehead atoms. The maximum absolute atomic E-state index is 11.7. The molecule has 0 aliphatic rings.